The Morgan fingerprint density at radius 3 is 2.58 bits per heavy atom. The zero-order valence-corrected chi connectivity index (χ0v) is 21.6. The first-order valence-corrected chi connectivity index (χ1v) is 12.7. The van der Waals surface area contributed by atoms with Gasteiger partial charge in [0.15, 0.2) is 0 Å². The van der Waals surface area contributed by atoms with Crippen LogP contribution in [0.1, 0.15) is 37.7 Å². The Labute approximate surface area is 217 Å². The summed E-state index contributed by atoms with van der Waals surface area (Å²) in [5.74, 6) is 0.951. The van der Waals surface area contributed by atoms with Crippen molar-refractivity contribution in [3.63, 3.8) is 0 Å². The maximum absolute atomic E-state index is 13.6. The molecule has 0 aliphatic rings. The minimum absolute atomic E-state index is 0.00980. The van der Waals surface area contributed by atoms with E-state index in [1.807, 2.05) is 53.4 Å². The number of carbonyl (C=O) groups excluding carboxylic acids is 1. The van der Waals surface area contributed by atoms with Crippen LogP contribution in [0, 0.1) is 5.92 Å². The summed E-state index contributed by atoms with van der Waals surface area (Å²) in [6, 6.07) is 19.6. The molecule has 0 saturated carbocycles. The van der Waals surface area contributed by atoms with Crippen molar-refractivity contribution in [1.82, 2.24) is 24.2 Å². The highest BCUT2D eigenvalue weighted by Crippen LogP contribution is 2.32. The maximum atomic E-state index is 13.6. The van der Waals surface area contributed by atoms with Crippen molar-refractivity contribution in [2.24, 2.45) is 11.7 Å². The Hall–Kier alpha value is -3.42. The smallest absolute Gasteiger partial charge is 0.244 e. The van der Waals surface area contributed by atoms with Crippen molar-refractivity contribution >= 4 is 17.5 Å². The Morgan fingerprint density at radius 2 is 1.92 bits per heavy atom. The average Bonchev–Trinajstić information content (AvgIpc) is 3.52. The quantitative estimate of drug-likeness (QED) is 0.311. The first kappa shape index (κ1) is 25.7. The molecule has 4 rings (SSSR count). The van der Waals surface area contributed by atoms with E-state index in [1.165, 1.54) is 0 Å². The largest absolute Gasteiger partial charge is 0.331 e. The number of rotatable bonds is 11. The van der Waals surface area contributed by atoms with E-state index in [-0.39, 0.29) is 24.4 Å². The van der Waals surface area contributed by atoms with Gasteiger partial charge in [0.2, 0.25) is 5.91 Å². The van der Waals surface area contributed by atoms with E-state index in [2.05, 4.69) is 41.8 Å². The molecule has 0 unspecified atom stereocenters. The second-order valence-electron chi connectivity index (χ2n) is 9.23. The molecule has 0 spiro atoms. The number of hydrogen-bond donors (Lipinski definition) is 1. The van der Waals surface area contributed by atoms with Crippen LogP contribution in [0.3, 0.4) is 0 Å². The number of amides is 1. The molecule has 0 aliphatic heterocycles. The molecule has 36 heavy (non-hydrogen) atoms. The van der Waals surface area contributed by atoms with Gasteiger partial charge in [-0.15, -0.1) is 0 Å². The Bertz CT molecular complexity index is 1250. The van der Waals surface area contributed by atoms with E-state index in [1.54, 1.807) is 17.1 Å². The summed E-state index contributed by atoms with van der Waals surface area (Å²) in [6.45, 7) is 6.11. The van der Waals surface area contributed by atoms with Gasteiger partial charge in [-0.25, -0.2) is 4.98 Å². The molecule has 2 N–H and O–H groups in total. The van der Waals surface area contributed by atoms with Crippen LogP contribution in [0.4, 0.5) is 0 Å². The number of benzene rings is 2. The SMILES string of the molecule is CC(C)[C@H](c1nc(-c2cccc(Cl)c2)cn1Cc1ccccc1)N(CCCN)C(=O)Cn1cccn1. The van der Waals surface area contributed by atoms with Gasteiger partial charge in [-0.1, -0.05) is 67.9 Å². The van der Waals surface area contributed by atoms with E-state index in [4.69, 9.17) is 22.3 Å². The van der Waals surface area contributed by atoms with Crippen LogP contribution in [-0.2, 0) is 17.9 Å². The minimum Gasteiger partial charge on any atom is -0.331 e. The summed E-state index contributed by atoms with van der Waals surface area (Å²) in [6.07, 6.45) is 6.25. The highest BCUT2D eigenvalue weighted by atomic mass is 35.5. The second kappa shape index (κ2) is 12.0. The summed E-state index contributed by atoms with van der Waals surface area (Å²) >= 11 is 6.29. The zero-order valence-electron chi connectivity index (χ0n) is 20.8. The predicted molar refractivity (Wildman–Crippen MR) is 143 cm³/mol. The number of nitrogens with two attached hydrogens (primary N) is 1. The number of halogens is 1. The third-order valence-corrected chi connectivity index (χ3v) is 6.37. The normalized spacial score (nSPS) is 12.1. The van der Waals surface area contributed by atoms with Crippen LogP contribution < -0.4 is 5.73 Å². The van der Waals surface area contributed by atoms with Crippen molar-refractivity contribution in [1.29, 1.82) is 0 Å². The molecular formula is C28H33ClN6O. The number of imidazole rings is 1. The van der Waals surface area contributed by atoms with E-state index in [0.29, 0.717) is 31.1 Å². The topological polar surface area (TPSA) is 82.0 Å². The van der Waals surface area contributed by atoms with Gasteiger partial charge >= 0.3 is 0 Å². The first-order chi connectivity index (χ1) is 17.5. The van der Waals surface area contributed by atoms with Crippen molar-refractivity contribution in [3.8, 4) is 11.3 Å². The van der Waals surface area contributed by atoms with Crippen LogP contribution in [0.5, 0.6) is 0 Å². The molecule has 188 valence electrons. The first-order valence-electron chi connectivity index (χ1n) is 12.3. The minimum atomic E-state index is -0.240. The van der Waals surface area contributed by atoms with Crippen LogP contribution >= 0.6 is 11.6 Å². The summed E-state index contributed by atoms with van der Waals surface area (Å²) in [5, 5.41) is 4.89. The van der Waals surface area contributed by atoms with Gasteiger partial charge in [0, 0.05) is 42.3 Å². The van der Waals surface area contributed by atoms with Gasteiger partial charge in [-0.3, -0.25) is 9.48 Å². The molecule has 2 aromatic carbocycles. The molecule has 0 radical (unpaired) electrons. The molecular weight excluding hydrogens is 472 g/mol. The average molecular weight is 505 g/mol. The maximum Gasteiger partial charge on any atom is 0.244 e. The fraction of sp³-hybridized carbons (Fsp3) is 0.321. The second-order valence-corrected chi connectivity index (χ2v) is 9.67. The van der Waals surface area contributed by atoms with E-state index < -0.39 is 0 Å². The summed E-state index contributed by atoms with van der Waals surface area (Å²) in [5.41, 5.74) is 8.79. The lowest BCUT2D eigenvalue weighted by atomic mass is 10.0. The van der Waals surface area contributed by atoms with Crippen LogP contribution in [0.2, 0.25) is 5.02 Å². The lowest BCUT2D eigenvalue weighted by molar-refractivity contribution is -0.136. The Morgan fingerprint density at radius 1 is 1.11 bits per heavy atom. The highest BCUT2D eigenvalue weighted by molar-refractivity contribution is 6.30. The number of hydrogen-bond acceptors (Lipinski definition) is 4. The standard InChI is InChI=1S/C28H33ClN6O/c1-21(2)27(35(16-7-13-30)26(36)20-34-15-8-14-31-34)28-32-25(23-11-6-12-24(29)17-23)19-33(28)18-22-9-4-3-5-10-22/h3-6,8-12,14-15,17,19,21,27H,7,13,16,18,20,30H2,1-2H3/t27-/m1/s1. The van der Waals surface area contributed by atoms with Gasteiger partial charge < -0.3 is 15.2 Å². The van der Waals surface area contributed by atoms with Crippen molar-refractivity contribution in [2.45, 2.75) is 39.4 Å². The molecule has 0 saturated heterocycles. The van der Waals surface area contributed by atoms with Crippen LogP contribution in [-0.4, -0.2) is 43.2 Å². The molecule has 1 atom stereocenters. The van der Waals surface area contributed by atoms with Gasteiger partial charge in [-0.2, -0.15) is 5.10 Å². The lowest BCUT2D eigenvalue weighted by Crippen LogP contribution is -2.42. The van der Waals surface area contributed by atoms with Crippen molar-refractivity contribution in [3.05, 3.63) is 95.7 Å². The fourth-order valence-electron chi connectivity index (χ4n) is 4.46. The van der Waals surface area contributed by atoms with E-state index in [0.717, 1.165) is 22.6 Å². The third-order valence-electron chi connectivity index (χ3n) is 6.14. The van der Waals surface area contributed by atoms with E-state index >= 15 is 0 Å². The Balaban J connectivity index is 1.78. The molecule has 4 aromatic rings. The van der Waals surface area contributed by atoms with Gasteiger partial charge in [-0.05, 0) is 42.6 Å². The van der Waals surface area contributed by atoms with Crippen molar-refractivity contribution in [2.75, 3.05) is 13.1 Å². The molecule has 7 nitrogen and oxygen atoms in total. The number of carbonyl (C=O) groups is 1. The monoisotopic (exact) mass is 504 g/mol. The number of aromatic nitrogens is 4. The van der Waals surface area contributed by atoms with Gasteiger partial charge in [0.05, 0.1) is 11.7 Å². The third kappa shape index (κ3) is 6.22. The van der Waals surface area contributed by atoms with Crippen molar-refractivity contribution < 1.29 is 4.79 Å². The van der Waals surface area contributed by atoms with E-state index in [9.17, 15) is 4.79 Å². The molecule has 8 heteroatoms. The highest BCUT2D eigenvalue weighted by Gasteiger charge is 2.32. The zero-order chi connectivity index (χ0) is 25.5. The Kier molecular flexibility index (Phi) is 8.57. The summed E-state index contributed by atoms with van der Waals surface area (Å²) < 4.78 is 3.82. The fourth-order valence-corrected chi connectivity index (χ4v) is 4.65. The molecule has 2 aromatic heterocycles. The number of nitrogens with zero attached hydrogens (tertiary/aromatic N) is 5. The summed E-state index contributed by atoms with van der Waals surface area (Å²) in [4.78, 5) is 20.6. The molecule has 0 fully saturated rings. The van der Waals surface area contributed by atoms with Gasteiger partial charge in [0.25, 0.3) is 0 Å². The molecule has 0 bridgehead atoms. The molecule has 2 heterocycles. The predicted octanol–water partition coefficient (Wildman–Crippen LogP) is 5.02. The summed E-state index contributed by atoms with van der Waals surface area (Å²) in [7, 11) is 0. The lowest BCUT2D eigenvalue weighted by Gasteiger charge is -2.34. The van der Waals surface area contributed by atoms with Crippen LogP contribution in [0.25, 0.3) is 11.3 Å². The molecule has 0 aliphatic carbocycles. The molecule has 1 amide bonds. The van der Waals surface area contributed by atoms with Gasteiger partial charge in [0.1, 0.15) is 12.4 Å². The van der Waals surface area contributed by atoms with Crippen LogP contribution in [0.15, 0.2) is 79.3 Å².